The lowest BCUT2D eigenvalue weighted by Crippen LogP contribution is -2.39. The summed E-state index contributed by atoms with van der Waals surface area (Å²) in [5.74, 6) is 0.499. The van der Waals surface area contributed by atoms with Gasteiger partial charge in [-0.05, 0) is 44.1 Å². The van der Waals surface area contributed by atoms with Gasteiger partial charge < -0.3 is 4.90 Å². The smallest absolute Gasteiger partial charge is 0.271 e. The van der Waals surface area contributed by atoms with Crippen molar-refractivity contribution in [3.63, 3.8) is 0 Å². The van der Waals surface area contributed by atoms with Gasteiger partial charge in [-0.3, -0.25) is 10.1 Å². The van der Waals surface area contributed by atoms with Crippen LogP contribution in [0, 0.1) is 23.0 Å². The van der Waals surface area contributed by atoms with Crippen LogP contribution in [0.2, 0.25) is 0 Å². The quantitative estimate of drug-likeness (QED) is 0.490. The number of aryl methyl sites for hydroxylation is 1. The van der Waals surface area contributed by atoms with E-state index in [1.807, 2.05) is 13.8 Å². The molecule has 1 aliphatic rings. The number of nitro benzene ring substituents is 1. The molecule has 0 atom stereocenters. The average molecular weight is 398 g/mol. The van der Waals surface area contributed by atoms with Gasteiger partial charge in [0.25, 0.3) is 5.69 Å². The highest BCUT2D eigenvalue weighted by atomic mass is 32.2. The van der Waals surface area contributed by atoms with Gasteiger partial charge in [0.1, 0.15) is 4.90 Å². The molecule has 27 heavy (non-hydrogen) atoms. The summed E-state index contributed by atoms with van der Waals surface area (Å²) in [5, 5.41) is 11.4. The fourth-order valence-corrected chi connectivity index (χ4v) is 5.45. The molecule has 0 spiro atoms. The van der Waals surface area contributed by atoms with E-state index in [0.29, 0.717) is 43.3 Å². The molecule has 152 valence electrons. The molecule has 0 aromatic heterocycles. The summed E-state index contributed by atoms with van der Waals surface area (Å²) in [5.41, 5.74) is 1.08. The predicted molar refractivity (Wildman–Crippen MR) is 108 cm³/mol. The van der Waals surface area contributed by atoms with Crippen molar-refractivity contribution in [2.45, 2.75) is 58.3 Å². The summed E-state index contributed by atoms with van der Waals surface area (Å²) in [4.78, 5) is 13.0. The number of sulfonamides is 1. The number of non-ortho nitro benzene ring substituents is 1. The van der Waals surface area contributed by atoms with E-state index in [2.05, 4.69) is 11.8 Å². The summed E-state index contributed by atoms with van der Waals surface area (Å²) in [6, 6.07) is 2.72. The molecular formula is C19H31N3O4S. The minimum atomic E-state index is -3.79. The normalized spacial score (nSPS) is 16.4. The molecule has 7 nitrogen and oxygen atoms in total. The first-order valence-corrected chi connectivity index (χ1v) is 11.2. The fraction of sp³-hybridized carbons (Fsp3) is 0.684. The van der Waals surface area contributed by atoms with Gasteiger partial charge in [-0.15, -0.1) is 0 Å². The lowest BCUT2D eigenvalue weighted by atomic mass is 10.0. The van der Waals surface area contributed by atoms with Crippen molar-refractivity contribution in [1.82, 2.24) is 4.31 Å². The first-order valence-electron chi connectivity index (χ1n) is 9.76. The lowest BCUT2D eigenvalue weighted by Gasteiger charge is -2.32. The number of anilines is 1. The molecule has 0 unspecified atom stereocenters. The molecule has 0 amide bonds. The number of nitro groups is 1. The van der Waals surface area contributed by atoms with Crippen LogP contribution in [0.5, 0.6) is 0 Å². The Bertz CT molecular complexity index is 765. The van der Waals surface area contributed by atoms with E-state index in [-0.39, 0.29) is 10.6 Å². The zero-order valence-electron chi connectivity index (χ0n) is 16.8. The highest BCUT2D eigenvalue weighted by Gasteiger charge is 2.33. The molecule has 1 fully saturated rings. The minimum absolute atomic E-state index is 0.0747. The predicted octanol–water partition coefficient (Wildman–Crippen LogP) is 3.95. The van der Waals surface area contributed by atoms with Crippen molar-refractivity contribution in [2.75, 3.05) is 31.1 Å². The maximum Gasteiger partial charge on any atom is 0.271 e. The second-order valence-corrected chi connectivity index (χ2v) is 9.35. The van der Waals surface area contributed by atoms with E-state index in [9.17, 15) is 18.5 Å². The Morgan fingerprint density at radius 2 is 1.74 bits per heavy atom. The Hall–Kier alpha value is -1.67. The van der Waals surface area contributed by atoms with E-state index in [4.69, 9.17) is 0 Å². The number of nitrogens with zero attached hydrogens (tertiary/aromatic N) is 3. The second-order valence-electron chi connectivity index (χ2n) is 7.44. The van der Waals surface area contributed by atoms with Gasteiger partial charge in [0, 0.05) is 38.3 Å². The molecule has 1 heterocycles. The molecule has 1 aromatic carbocycles. The van der Waals surface area contributed by atoms with Crippen LogP contribution in [-0.4, -0.2) is 43.8 Å². The van der Waals surface area contributed by atoms with Crippen molar-refractivity contribution in [1.29, 1.82) is 0 Å². The number of benzene rings is 1. The Morgan fingerprint density at radius 1 is 1.19 bits per heavy atom. The van der Waals surface area contributed by atoms with Crippen molar-refractivity contribution >= 4 is 21.4 Å². The van der Waals surface area contributed by atoms with Gasteiger partial charge in [-0.1, -0.05) is 20.8 Å². The van der Waals surface area contributed by atoms with Gasteiger partial charge in [0.15, 0.2) is 0 Å². The fourth-order valence-electron chi connectivity index (χ4n) is 3.68. The summed E-state index contributed by atoms with van der Waals surface area (Å²) >= 11 is 0. The Morgan fingerprint density at radius 3 is 2.22 bits per heavy atom. The van der Waals surface area contributed by atoms with Gasteiger partial charge in [0.2, 0.25) is 10.0 Å². The SMILES string of the molecule is CCCN(CCC)c1c(C)cc([N+](=O)[O-])cc1S(=O)(=O)N1CCC(C)CC1. The van der Waals surface area contributed by atoms with E-state index in [1.165, 1.54) is 16.4 Å². The largest absolute Gasteiger partial charge is 0.370 e. The van der Waals surface area contributed by atoms with Gasteiger partial charge in [-0.2, -0.15) is 4.31 Å². The van der Waals surface area contributed by atoms with Crippen LogP contribution in [0.4, 0.5) is 11.4 Å². The summed E-state index contributed by atoms with van der Waals surface area (Å²) in [6.45, 7) is 10.3. The van der Waals surface area contributed by atoms with Crippen LogP contribution < -0.4 is 4.90 Å². The Labute approximate surface area is 162 Å². The van der Waals surface area contributed by atoms with Crippen molar-refractivity contribution in [3.05, 3.63) is 27.8 Å². The number of hydrogen-bond donors (Lipinski definition) is 0. The third kappa shape index (κ3) is 4.79. The third-order valence-corrected chi connectivity index (χ3v) is 7.04. The second kappa shape index (κ2) is 9.01. The zero-order chi connectivity index (χ0) is 20.2. The van der Waals surface area contributed by atoms with E-state index < -0.39 is 14.9 Å². The molecule has 1 aromatic rings. The third-order valence-electron chi connectivity index (χ3n) is 5.12. The van der Waals surface area contributed by atoms with Gasteiger partial charge >= 0.3 is 0 Å². The maximum absolute atomic E-state index is 13.4. The van der Waals surface area contributed by atoms with E-state index in [1.54, 1.807) is 6.92 Å². The molecule has 1 saturated heterocycles. The van der Waals surface area contributed by atoms with Crippen molar-refractivity contribution in [3.8, 4) is 0 Å². The average Bonchev–Trinajstić information content (AvgIpc) is 2.61. The summed E-state index contributed by atoms with van der Waals surface area (Å²) in [7, 11) is -3.79. The standard InChI is InChI=1S/C19H31N3O4S/c1-5-9-20(10-6-2)19-16(4)13-17(22(23)24)14-18(19)27(25,26)21-11-7-15(3)8-12-21/h13-15H,5-12H2,1-4H3. The summed E-state index contributed by atoms with van der Waals surface area (Å²) in [6.07, 6.45) is 3.38. The molecule has 0 radical (unpaired) electrons. The van der Waals surface area contributed by atoms with Crippen LogP contribution in [-0.2, 0) is 10.0 Å². The molecule has 0 aliphatic carbocycles. The molecule has 1 aliphatic heterocycles. The van der Waals surface area contributed by atoms with E-state index >= 15 is 0 Å². The van der Waals surface area contributed by atoms with Crippen LogP contribution in [0.1, 0.15) is 52.0 Å². The highest BCUT2D eigenvalue weighted by Crippen LogP contribution is 2.36. The molecule has 0 saturated carbocycles. The first-order chi connectivity index (χ1) is 12.7. The van der Waals surface area contributed by atoms with E-state index in [0.717, 1.165) is 25.7 Å². The summed E-state index contributed by atoms with van der Waals surface area (Å²) < 4.78 is 28.4. The Kier molecular flexibility index (Phi) is 7.22. The first kappa shape index (κ1) is 21.6. The Balaban J connectivity index is 2.61. The van der Waals surface area contributed by atoms with Crippen LogP contribution in [0.3, 0.4) is 0 Å². The molecule has 8 heteroatoms. The number of rotatable bonds is 8. The monoisotopic (exact) mass is 397 g/mol. The maximum atomic E-state index is 13.4. The lowest BCUT2D eigenvalue weighted by molar-refractivity contribution is -0.385. The highest BCUT2D eigenvalue weighted by molar-refractivity contribution is 7.89. The van der Waals surface area contributed by atoms with Crippen LogP contribution in [0.15, 0.2) is 17.0 Å². The number of piperidine rings is 1. The zero-order valence-corrected chi connectivity index (χ0v) is 17.6. The molecule has 0 bridgehead atoms. The van der Waals surface area contributed by atoms with Crippen LogP contribution in [0.25, 0.3) is 0 Å². The van der Waals surface area contributed by atoms with Gasteiger partial charge in [0.05, 0.1) is 10.6 Å². The molecular weight excluding hydrogens is 366 g/mol. The van der Waals surface area contributed by atoms with Gasteiger partial charge in [-0.25, -0.2) is 8.42 Å². The molecule has 0 N–H and O–H groups in total. The molecule has 2 rings (SSSR count). The van der Waals surface area contributed by atoms with Crippen molar-refractivity contribution < 1.29 is 13.3 Å². The minimum Gasteiger partial charge on any atom is -0.370 e. The topological polar surface area (TPSA) is 83.8 Å². The van der Waals surface area contributed by atoms with Crippen molar-refractivity contribution in [2.24, 2.45) is 5.92 Å². The number of hydrogen-bond acceptors (Lipinski definition) is 5. The van der Waals surface area contributed by atoms with Crippen LogP contribution >= 0.6 is 0 Å².